The maximum atomic E-state index is 14.1. The molecule has 0 bridgehead atoms. The molecule has 234 valence electrons. The topological polar surface area (TPSA) is 199 Å². The van der Waals surface area contributed by atoms with Crippen molar-refractivity contribution in [2.75, 3.05) is 45.0 Å². The minimum absolute atomic E-state index is 0.0197. The van der Waals surface area contributed by atoms with Crippen molar-refractivity contribution in [2.45, 2.75) is 50.8 Å². The fourth-order valence-electron chi connectivity index (χ4n) is 6.80. The minimum atomic E-state index is -2.83. The number of hydrogen-bond donors (Lipinski definition) is 5. The Morgan fingerprint density at radius 1 is 1.09 bits per heavy atom. The molecule has 2 saturated carbocycles. The molecule has 4 rings (SSSR count). The number of likely N-dealkylation sites (N-methyl/N-ethyl adjacent to an activating group) is 1. The molecule has 6 atom stereocenters. The van der Waals surface area contributed by atoms with E-state index in [2.05, 4.69) is 10.6 Å². The number of aromatic hydroxyl groups is 1. The normalized spacial score (nSPS) is 28.7. The van der Waals surface area contributed by atoms with Gasteiger partial charge < -0.3 is 31.5 Å². The van der Waals surface area contributed by atoms with Crippen molar-refractivity contribution < 1.29 is 39.0 Å². The van der Waals surface area contributed by atoms with Gasteiger partial charge in [-0.1, -0.05) is 11.6 Å². The van der Waals surface area contributed by atoms with E-state index in [4.69, 9.17) is 17.3 Å². The van der Waals surface area contributed by atoms with E-state index in [1.165, 1.54) is 19.0 Å². The van der Waals surface area contributed by atoms with E-state index in [1.54, 1.807) is 19.0 Å². The summed E-state index contributed by atoms with van der Waals surface area (Å²) >= 11 is 6.72. The van der Waals surface area contributed by atoms with Crippen LogP contribution < -0.4 is 21.3 Å². The number of aliphatic hydroxyl groups is 1. The lowest BCUT2D eigenvalue weighted by atomic mass is 9.52. The number of amides is 2. The maximum absolute atomic E-state index is 14.1. The van der Waals surface area contributed by atoms with Crippen LogP contribution in [-0.4, -0.2) is 102 Å². The molecule has 0 saturated heterocycles. The van der Waals surface area contributed by atoms with Crippen LogP contribution in [0.2, 0.25) is 5.02 Å². The lowest BCUT2D eigenvalue weighted by Crippen LogP contribution is -2.74. The number of rotatable bonds is 6. The second kappa shape index (κ2) is 11.0. The van der Waals surface area contributed by atoms with E-state index in [1.807, 2.05) is 20.8 Å². The van der Waals surface area contributed by atoms with Gasteiger partial charge in [-0.05, 0) is 59.2 Å². The fourth-order valence-corrected chi connectivity index (χ4v) is 7.22. The Balaban J connectivity index is 1.85. The highest BCUT2D eigenvalue weighted by Gasteiger charge is 2.69. The number of nitrogens with zero attached hydrogens (tertiary/aromatic N) is 2. The average Bonchev–Trinajstić information content (AvgIpc) is 2.86. The van der Waals surface area contributed by atoms with Gasteiger partial charge >= 0.3 is 0 Å². The summed E-state index contributed by atoms with van der Waals surface area (Å²) in [6.45, 7) is 5.46. The second-order valence-corrected chi connectivity index (χ2v) is 13.5. The van der Waals surface area contributed by atoms with Crippen LogP contribution in [0.15, 0.2) is 0 Å². The van der Waals surface area contributed by atoms with Crippen molar-refractivity contribution in [3.05, 3.63) is 16.1 Å². The van der Waals surface area contributed by atoms with Crippen LogP contribution in [0.3, 0.4) is 0 Å². The molecule has 14 heteroatoms. The summed E-state index contributed by atoms with van der Waals surface area (Å²) in [5.41, 5.74) is 2.31. The van der Waals surface area contributed by atoms with E-state index in [0.29, 0.717) is 11.3 Å². The number of halogens is 1. The number of nitrogens with two attached hydrogens (primary N) is 1. The predicted octanol–water partition coefficient (Wildman–Crippen LogP) is -0.0870. The van der Waals surface area contributed by atoms with Crippen molar-refractivity contribution >= 4 is 57.9 Å². The number of benzene rings is 1. The van der Waals surface area contributed by atoms with Gasteiger partial charge in [0.2, 0.25) is 11.8 Å². The van der Waals surface area contributed by atoms with Crippen LogP contribution in [0.1, 0.15) is 43.1 Å². The highest BCUT2D eigenvalue weighted by Crippen LogP contribution is 2.54. The molecule has 0 aliphatic heterocycles. The quantitative estimate of drug-likeness (QED) is 0.211. The Kier molecular flexibility index (Phi) is 8.28. The molecule has 0 radical (unpaired) electrons. The van der Waals surface area contributed by atoms with E-state index in [0.717, 1.165) is 0 Å². The lowest BCUT2D eigenvalue weighted by molar-refractivity contribution is -0.181. The van der Waals surface area contributed by atoms with Gasteiger partial charge in [0.25, 0.3) is 0 Å². The number of anilines is 2. The van der Waals surface area contributed by atoms with Gasteiger partial charge in [0, 0.05) is 25.6 Å². The summed E-state index contributed by atoms with van der Waals surface area (Å²) in [7, 11) is 6.36. The number of phenolic OH excluding ortho intramolecular Hbond substituents is 1. The number of primary amides is 1. The van der Waals surface area contributed by atoms with E-state index >= 15 is 0 Å². The summed E-state index contributed by atoms with van der Waals surface area (Å²) in [6, 6.07) is -1.20. The number of carbonyl (C=O) groups is 6. The Morgan fingerprint density at radius 3 is 2.21 bits per heavy atom. The average molecular weight is 620 g/mol. The Labute approximate surface area is 254 Å². The van der Waals surface area contributed by atoms with Crippen LogP contribution in [0.5, 0.6) is 5.75 Å². The van der Waals surface area contributed by atoms with E-state index < -0.39 is 81.6 Å². The molecule has 4 unspecified atom stereocenters. The van der Waals surface area contributed by atoms with Crippen LogP contribution in [0.4, 0.5) is 11.4 Å². The summed E-state index contributed by atoms with van der Waals surface area (Å²) < 4.78 is 0. The van der Waals surface area contributed by atoms with Gasteiger partial charge in [-0.15, -0.1) is 0 Å². The first kappa shape index (κ1) is 32.5. The van der Waals surface area contributed by atoms with Gasteiger partial charge in [0.15, 0.2) is 40.4 Å². The number of phenols is 1. The molecule has 2 amide bonds. The van der Waals surface area contributed by atoms with Crippen molar-refractivity contribution in [3.8, 4) is 5.75 Å². The molecule has 0 aromatic heterocycles. The highest BCUT2D eigenvalue weighted by atomic mass is 35.5. The lowest BCUT2D eigenvalue weighted by Gasteiger charge is -2.52. The maximum Gasteiger partial charge on any atom is 0.238 e. The SMILES string of the molecule is CN(C)c1c(Cl)c(NC(=O)CNC(C)(C)C)c(O)c2c1CC1CC3[C@H](N(C)C)C(=O)C(C(N)=O)C(=O)[C@@]3(O)C(=O)C1C2=O. The molecular weight excluding hydrogens is 582 g/mol. The van der Waals surface area contributed by atoms with Crippen molar-refractivity contribution in [2.24, 2.45) is 29.4 Å². The first-order valence-corrected chi connectivity index (χ1v) is 14.3. The van der Waals surface area contributed by atoms with E-state index in [9.17, 15) is 39.0 Å². The number of ketones is 4. The molecule has 1 aromatic carbocycles. The molecule has 2 fully saturated rings. The number of fused-ring (bicyclic) bond motifs is 3. The molecule has 6 N–H and O–H groups in total. The largest absolute Gasteiger partial charge is 0.505 e. The zero-order valence-corrected chi connectivity index (χ0v) is 26.0. The van der Waals surface area contributed by atoms with Crippen molar-refractivity contribution in [1.82, 2.24) is 10.2 Å². The second-order valence-electron chi connectivity index (χ2n) is 13.1. The minimum Gasteiger partial charge on any atom is -0.505 e. The standard InChI is InChI=1S/C29H38ClN5O8/c1-28(2,3)32-10-14(36)33-19-18(30)20(34(4)5)12-8-11-9-13-21(35(6)7)24(39)17(27(31)42)26(41)29(13,43)25(40)15(11)22(37)16(12)23(19)38/h11,13,15,17,21,32,38,43H,8-10H2,1-7H3,(H2,31,42)(H,33,36)/t11?,13?,15?,17?,21-,29-/m0/s1. The van der Waals surface area contributed by atoms with E-state index in [-0.39, 0.29) is 35.7 Å². The number of carbonyl (C=O) groups excluding carboxylic acids is 6. The third kappa shape index (κ3) is 5.11. The van der Waals surface area contributed by atoms with Gasteiger partial charge in [-0.3, -0.25) is 33.7 Å². The third-order valence-electron chi connectivity index (χ3n) is 8.63. The zero-order chi connectivity index (χ0) is 32.5. The smallest absolute Gasteiger partial charge is 0.238 e. The summed E-state index contributed by atoms with van der Waals surface area (Å²) in [5.74, 6) is -12.3. The summed E-state index contributed by atoms with van der Waals surface area (Å²) in [6.07, 6.45) is -0.0570. The number of hydrogen-bond acceptors (Lipinski definition) is 11. The molecule has 3 aliphatic rings. The predicted molar refractivity (Wildman–Crippen MR) is 157 cm³/mol. The zero-order valence-electron chi connectivity index (χ0n) is 25.2. The van der Waals surface area contributed by atoms with Crippen LogP contribution >= 0.6 is 11.6 Å². The Bertz CT molecular complexity index is 1450. The molecular formula is C29H38ClN5O8. The van der Waals surface area contributed by atoms with Crippen LogP contribution in [-0.2, 0) is 30.4 Å². The highest BCUT2D eigenvalue weighted by molar-refractivity contribution is 6.38. The van der Waals surface area contributed by atoms with Crippen LogP contribution in [0.25, 0.3) is 0 Å². The molecule has 1 aromatic rings. The Hall–Kier alpha value is -3.39. The van der Waals surface area contributed by atoms with Crippen molar-refractivity contribution in [1.29, 1.82) is 0 Å². The first-order chi connectivity index (χ1) is 19.7. The monoisotopic (exact) mass is 619 g/mol. The number of nitrogens with one attached hydrogen (secondary N) is 2. The van der Waals surface area contributed by atoms with Crippen molar-refractivity contribution in [3.63, 3.8) is 0 Å². The summed E-state index contributed by atoms with van der Waals surface area (Å²) in [5, 5.41) is 28.6. The molecule has 0 heterocycles. The fraction of sp³-hybridized carbons (Fsp3) is 0.586. The van der Waals surface area contributed by atoms with Gasteiger partial charge in [0.1, 0.15) is 5.69 Å². The Morgan fingerprint density at radius 2 is 1.70 bits per heavy atom. The van der Waals surface area contributed by atoms with Gasteiger partial charge in [-0.25, -0.2) is 0 Å². The molecule has 43 heavy (non-hydrogen) atoms. The van der Waals surface area contributed by atoms with Gasteiger partial charge in [0.05, 0.1) is 34.8 Å². The third-order valence-corrected chi connectivity index (χ3v) is 9.00. The molecule has 0 spiro atoms. The molecule has 3 aliphatic carbocycles. The summed E-state index contributed by atoms with van der Waals surface area (Å²) in [4.78, 5) is 82.9. The number of Topliss-reactive ketones (excluding diaryl/α,β-unsaturated/α-hetero) is 4. The first-order valence-electron chi connectivity index (χ1n) is 13.9. The molecule has 13 nitrogen and oxygen atoms in total. The van der Waals surface area contributed by atoms with Crippen LogP contribution in [0, 0.1) is 23.7 Å². The van der Waals surface area contributed by atoms with Gasteiger partial charge in [-0.2, -0.15) is 0 Å².